The first-order valence-corrected chi connectivity index (χ1v) is 12.7. The van der Waals surface area contributed by atoms with Gasteiger partial charge in [-0.3, -0.25) is 4.79 Å². The van der Waals surface area contributed by atoms with E-state index >= 15 is 0 Å². The molecule has 0 saturated heterocycles. The number of aromatic nitrogens is 2. The molecule has 170 valence electrons. The molecule has 2 aromatic carbocycles. The van der Waals surface area contributed by atoms with E-state index in [-0.39, 0.29) is 5.56 Å². The van der Waals surface area contributed by atoms with E-state index in [4.69, 9.17) is 9.72 Å². The van der Waals surface area contributed by atoms with Crippen molar-refractivity contribution < 1.29 is 4.74 Å². The van der Waals surface area contributed by atoms with E-state index in [9.17, 15) is 4.79 Å². The molecule has 1 aliphatic carbocycles. The van der Waals surface area contributed by atoms with Gasteiger partial charge in [0.1, 0.15) is 23.0 Å². The Labute approximate surface area is 198 Å². The van der Waals surface area contributed by atoms with Crippen molar-refractivity contribution in [1.29, 1.82) is 0 Å². The highest BCUT2D eigenvalue weighted by molar-refractivity contribution is 7.18. The van der Waals surface area contributed by atoms with Crippen LogP contribution in [-0.2, 0) is 19.4 Å². The van der Waals surface area contributed by atoms with Crippen molar-refractivity contribution in [2.75, 3.05) is 0 Å². The molecule has 2 heterocycles. The molecule has 0 spiro atoms. The van der Waals surface area contributed by atoms with Gasteiger partial charge >= 0.3 is 0 Å². The predicted octanol–water partition coefficient (Wildman–Crippen LogP) is 6.81. The quantitative estimate of drug-likeness (QED) is 0.365. The second-order valence-electron chi connectivity index (χ2n) is 9.20. The molecule has 1 aliphatic rings. The van der Waals surface area contributed by atoms with Gasteiger partial charge in [-0.1, -0.05) is 30.5 Å². The molecule has 0 bridgehead atoms. The molecule has 4 nitrogen and oxygen atoms in total. The number of aryl methyl sites for hydroxylation is 5. The number of aromatic amines is 1. The Morgan fingerprint density at radius 3 is 2.39 bits per heavy atom. The van der Waals surface area contributed by atoms with Gasteiger partial charge in [0.15, 0.2) is 0 Å². The first-order valence-electron chi connectivity index (χ1n) is 11.8. The van der Waals surface area contributed by atoms with Crippen molar-refractivity contribution in [2.24, 2.45) is 0 Å². The Hall–Kier alpha value is -2.92. The largest absolute Gasteiger partial charge is 0.489 e. The fourth-order valence-corrected chi connectivity index (χ4v) is 6.22. The molecule has 33 heavy (non-hydrogen) atoms. The number of thiophene rings is 1. The molecule has 4 aromatic rings. The van der Waals surface area contributed by atoms with Crippen LogP contribution in [0.5, 0.6) is 5.75 Å². The Balaban J connectivity index is 1.39. The van der Waals surface area contributed by atoms with Crippen LogP contribution in [-0.4, -0.2) is 9.97 Å². The normalized spacial score (nSPS) is 14.0. The van der Waals surface area contributed by atoms with E-state index in [1.807, 2.05) is 24.3 Å². The van der Waals surface area contributed by atoms with Gasteiger partial charge in [0, 0.05) is 10.4 Å². The highest BCUT2D eigenvalue weighted by Gasteiger charge is 2.18. The summed E-state index contributed by atoms with van der Waals surface area (Å²) in [6, 6.07) is 12.2. The zero-order valence-corrected chi connectivity index (χ0v) is 20.4. The number of nitrogens with zero attached hydrogens (tertiary/aromatic N) is 1. The fraction of sp³-hybridized carbons (Fsp3) is 0.357. The van der Waals surface area contributed by atoms with Gasteiger partial charge in [0.25, 0.3) is 5.56 Å². The molecule has 0 aliphatic heterocycles. The zero-order chi connectivity index (χ0) is 22.9. The van der Waals surface area contributed by atoms with Crippen LogP contribution < -0.4 is 10.3 Å². The highest BCUT2D eigenvalue weighted by Crippen LogP contribution is 2.33. The highest BCUT2D eigenvalue weighted by atomic mass is 32.1. The van der Waals surface area contributed by atoms with Crippen molar-refractivity contribution in [3.63, 3.8) is 0 Å². The van der Waals surface area contributed by atoms with Crippen LogP contribution in [0, 0.1) is 20.8 Å². The molecule has 2 aromatic heterocycles. The maximum absolute atomic E-state index is 13.0. The van der Waals surface area contributed by atoms with E-state index in [0.717, 1.165) is 40.8 Å². The average molecular weight is 459 g/mol. The van der Waals surface area contributed by atoms with Crippen LogP contribution in [0.25, 0.3) is 21.6 Å². The van der Waals surface area contributed by atoms with Crippen molar-refractivity contribution >= 4 is 21.6 Å². The van der Waals surface area contributed by atoms with E-state index in [1.54, 1.807) is 11.3 Å². The Morgan fingerprint density at radius 1 is 0.970 bits per heavy atom. The third-order valence-corrected chi connectivity index (χ3v) is 7.86. The SMILES string of the molecule is Cc1cc(C)c(COc2ccc(-c3nc4sc5c(c4c(=O)[nH]3)CCCCCC5)cc2)c(C)c1. The zero-order valence-electron chi connectivity index (χ0n) is 19.6. The minimum atomic E-state index is -0.0151. The summed E-state index contributed by atoms with van der Waals surface area (Å²) in [5.74, 6) is 1.43. The minimum Gasteiger partial charge on any atom is -0.489 e. The number of hydrogen-bond donors (Lipinski definition) is 1. The van der Waals surface area contributed by atoms with Crippen molar-refractivity contribution in [2.45, 2.75) is 65.9 Å². The van der Waals surface area contributed by atoms with Gasteiger partial charge in [0.05, 0.1) is 5.39 Å². The summed E-state index contributed by atoms with van der Waals surface area (Å²) in [4.78, 5) is 23.1. The first kappa shape index (κ1) is 21.9. The van der Waals surface area contributed by atoms with Crippen LogP contribution in [0.2, 0.25) is 0 Å². The van der Waals surface area contributed by atoms with Gasteiger partial charge in [-0.05, 0) is 93.0 Å². The number of fused-ring (bicyclic) bond motifs is 3. The third kappa shape index (κ3) is 4.47. The Kier molecular flexibility index (Phi) is 6.07. The molecule has 0 amide bonds. The Morgan fingerprint density at radius 2 is 1.67 bits per heavy atom. The molecule has 0 fully saturated rings. The summed E-state index contributed by atoms with van der Waals surface area (Å²) < 4.78 is 6.07. The fourth-order valence-electron chi connectivity index (χ4n) is 4.96. The maximum Gasteiger partial charge on any atom is 0.260 e. The minimum absolute atomic E-state index is 0.0151. The second kappa shape index (κ2) is 9.14. The van der Waals surface area contributed by atoms with Crippen LogP contribution in [0.15, 0.2) is 41.2 Å². The van der Waals surface area contributed by atoms with E-state index in [0.29, 0.717) is 12.4 Å². The monoisotopic (exact) mass is 458 g/mol. The van der Waals surface area contributed by atoms with E-state index in [1.165, 1.54) is 52.0 Å². The molecular formula is C28H30N2O2S. The summed E-state index contributed by atoms with van der Waals surface area (Å²) in [5.41, 5.74) is 7.13. The van der Waals surface area contributed by atoms with Crippen molar-refractivity contribution in [3.8, 4) is 17.1 Å². The molecule has 0 saturated carbocycles. The van der Waals surface area contributed by atoms with Gasteiger partial charge in [0.2, 0.25) is 0 Å². The lowest BCUT2D eigenvalue weighted by molar-refractivity contribution is 0.304. The summed E-state index contributed by atoms with van der Waals surface area (Å²) in [6.07, 6.45) is 6.94. The molecule has 1 N–H and O–H groups in total. The van der Waals surface area contributed by atoms with Crippen LogP contribution in [0.4, 0.5) is 0 Å². The van der Waals surface area contributed by atoms with Gasteiger partial charge in [-0.25, -0.2) is 4.98 Å². The molecule has 0 radical (unpaired) electrons. The maximum atomic E-state index is 13.0. The van der Waals surface area contributed by atoms with Crippen LogP contribution >= 0.6 is 11.3 Å². The van der Waals surface area contributed by atoms with E-state index < -0.39 is 0 Å². The summed E-state index contributed by atoms with van der Waals surface area (Å²) in [5, 5.41) is 0.810. The number of benzene rings is 2. The number of hydrogen-bond acceptors (Lipinski definition) is 4. The topological polar surface area (TPSA) is 55.0 Å². The number of rotatable bonds is 4. The Bertz CT molecular complexity index is 1340. The molecule has 0 atom stereocenters. The van der Waals surface area contributed by atoms with Crippen molar-refractivity contribution in [1.82, 2.24) is 9.97 Å². The van der Waals surface area contributed by atoms with E-state index in [2.05, 4.69) is 37.9 Å². The lowest BCUT2D eigenvalue weighted by Gasteiger charge is -2.13. The molecule has 5 heteroatoms. The van der Waals surface area contributed by atoms with Crippen LogP contribution in [0.3, 0.4) is 0 Å². The smallest absolute Gasteiger partial charge is 0.260 e. The molecular weight excluding hydrogens is 428 g/mol. The second-order valence-corrected chi connectivity index (χ2v) is 10.3. The lowest BCUT2D eigenvalue weighted by atomic mass is 9.98. The number of nitrogens with one attached hydrogen (secondary N) is 1. The van der Waals surface area contributed by atoms with Gasteiger partial charge in [-0.15, -0.1) is 11.3 Å². The predicted molar refractivity (Wildman–Crippen MR) is 137 cm³/mol. The van der Waals surface area contributed by atoms with Crippen LogP contribution in [0.1, 0.15) is 58.4 Å². The average Bonchev–Trinajstić information content (AvgIpc) is 3.10. The van der Waals surface area contributed by atoms with Crippen molar-refractivity contribution in [3.05, 3.63) is 79.4 Å². The first-order chi connectivity index (χ1) is 16.0. The number of H-pyrrole nitrogens is 1. The summed E-state index contributed by atoms with van der Waals surface area (Å²) in [7, 11) is 0. The molecule has 5 rings (SSSR count). The molecule has 0 unspecified atom stereocenters. The third-order valence-electron chi connectivity index (χ3n) is 6.68. The van der Waals surface area contributed by atoms with Gasteiger partial charge < -0.3 is 9.72 Å². The van der Waals surface area contributed by atoms with Gasteiger partial charge in [-0.2, -0.15) is 0 Å². The number of ether oxygens (including phenoxy) is 1. The lowest BCUT2D eigenvalue weighted by Crippen LogP contribution is -2.10. The standard InChI is InChI=1S/C28H30N2O2S/c1-17-14-18(2)23(19(3)15-17)16-32-21-12-10-20(11-13-21)26-29-27(31)25-22-8-6-4-5-7-9-24(22)33-28(25)30-26/h10-15H,4-9,16H2,1-3H3,(H,29,30,31). The summed E-state index contributed by atoms with van der Waals surface area (Å²) in [6.45, 7) is 6.92. The summed E-state index contributed by atoms with van der Waals surface area (Å²) >= 11 is 1.70.